The van der Waals surface area contributed by atoms with Gasteiger partial charge in [-0.2, -0.15) is 0 Å². The number of hydrogen-bond acceptors (Lipinski definition) is 1. The van der Waals surface area contributed by atoms with Crippen molar-refractivity contribution in [2.75, 3.05) is 0 Å². The molecule has 2 heteroatoms. The smallest absolute Gasteiger partial charge is 0.0210 e. The molecule has 1 aromatic carbocycles. The monoisotopic (exact) mass is 241 g/mol. The van der Waals surface area contributed by atoms with Crippen LogP contribution in [-0.2, 0) is 6.54 Å². The first-order chi connectivity index (χ1) is 6.88. The van der Waals surface area contributed by atoms with Gasteiger partial charge in [0.1, 0.15) is 0 Å². The lowest BCUT2D eigenvalue weighted by atomic mass is 10.0. The first kappa shape index (κ1) is 15.5. The Morgan fingerprint density at radius 3 is 1.94 bits per heavy atom. The summed E-state index contributed by atoms with van der Waals surface area (Å²) in [6, 6.07) is 8.89. The van der Waals surface area contributed by atoms with E-state index in [1.54, 1.807) is 0 Å². The van der Waals surface area contributed by atoms with Crippen LogP contribution in [0.2, 0.25) is 0 Å². The van der Waals surface area contributed by atoms with Crippen LogP contribution in [0.5, 0.6) is 0 Å². The number of nitrogens with one attached hydrogen (secondary N) is 1. The molecule has 0 fully saturated rings. The predicted molar refractivity (Wildman–Crippen MR) is 74.4 cm³/mol. The molecule has 0 atom stereocenters. The summed E-state index contributed by atoms with van der Waals surface area (Å²) < 4.78 is 0. The second-order valence-electron chi connectivity index (χ2n) is 5.50. The van der Waals surface area contributed by atoms with Crippen LogP contribution in [0.1, 0.15) is 51.7 Å². The van der Waals surface area contributed by atoms with Gasteiger partial charge in [0, 0.05) is 12.1 Å². The highest BCUT2D eigenvalue weighted by atomic mass is 35.5. The van der Waals surface area contributed by atoms with E-state index < -0.39 is 0 Å². The first-order valence-corrected chi connectivity index (χ1v) is 5.72. The van der Waals surface area contributed by atoms with Gasteiger partial charge in [0.2, 0.25) is 0 Å². The van der Waals surface area contributed by atoms with Crippen molar-refractivity contribution in [2.45, 2.75) is 52.6 Å². The normalized spacial score (nSPS) is 11.4. The van der Waals surface area contributed by atoms with Crippen LogP contribution in [0.4, 0.5) is 0 Å². The van der Waals surface area contributed by atoms with Crippen molar-refractivity contribution in [3.63, 3.8) is 0 Å². The molecular formula is C14H24ClN. The van der Waals surface area contributed by atoms with Gasteiger partial charge in [0.25, 0.3) is 0 Å². The molecule has 1 N–H and O–H groups in total. The minimum Gasteiger partial charge on any atom is -0.308 e. The zero-order valence-electron chi connectivity index (χ0n) is 11.0. The van der Waals surface area contributed by atoms with E-state index in [0.717, 1.165) is 6.54 Å². The summed E-state index contributed by atoms with van der Waals surface area (Å²) in [5.41, 5.74) is 2.96. The molecule has 1 aromatic rings. The van der Waals surface area contributed by atoms with Gasteiger partial charge in [-0.25, -0.2) is 0 Å². The summed E-state index contributed by atoms with van der Waals surface area (Å²) in [7, 11) is 0. The molecule has 1 rings (SSSR count). The Morgan fingerprint density at radius 2 is 1.56 bits per heavy atom. The highest BCUT2D eigenvalue weighted by molar-refractivity contribution is 5.85. The number of rotatable bonds is 3. The summed E-state index contributed by atoms with van der Waals surface area (Å²) in [5, 5.41) is 3.49. The minimum absolute atomic E-state index is 0. The molecule has 0 heterocycles. The lowest BCUT2D eigenvalue weighted by Gasteiger charge is -2.20. The molecule has 0 spiro atoms. The zero-order chi connectivity index (χ0) is 11.5. The van der Waals surface area contributed by atoms with Gasteiger partial charge in [-0.15, -0.1) is 12.4 Å². The van der Waals surface area contributed by atoms with Crippen LogP contribution in [0.25, 0.3) is 0 Å². The highest BCUT2D eigenvalue weighted by Crippen LogP contribution is 2.15. The maximum absolute atomic E-state index is 3.49. The molecule has 0 aliphatic rings. The summed E-state index contributed by atoms with van der Waals surface area (Å²) in [4.78, 5) is 0. The largest absolute Gasteiger partial charge is 0.308 e. The van der Waals surface area contributed by atoms with Crippen molar-refractivity contribution in [3.05, 3.63) is 35.4 Å². The van der Waals surface area contributed by atoms with Gasteiger partial charge in [-0.3, -0.25) is 0 Å². The first-order valence-electron chi connectivity index (χ1n) is 5.72. The van der Waals surface area contributed by atoms with E-state index in [4.69, 9.17) is 0 Å². The standard InChI is InChI=1S/C14H23N.ClH/c1-11(2)13-8-6-12(7-9-13)10-15-14(3,4)5;/h6-9,11,15H,10H2,1-5H3;1H. The molecule has 0 aliphatic heterocycles. The fourth-order valence-corrected chi connectivity index (χ4v) is 1.39. The van der Waals surface area contributed by atoms with Gasteiger partial charge in [0.05, 0.1) is 0 Å². The van der Waals surface area contributed by atoms with Crippen LogP contribution < -0.4 is 5.32 Å². The highest BCUT2D eigenvalue weighted by Gasteiger charge is 2.08. The van der Waals surface area contributed by atoms with Crippen molar-refractivity contribution in [3.8, 4) is 0 Å². The molecular weight excluding hydrogens is 218 g/mol. The molecule has 0 aromatic heterocycles. The summed E-state index contributed by atoms with van der Waals surface area (Å²) in [6.45, 7) is 12.0. The second kappa shape index (κ2) is 6.27. The maximum Gasteiger partial charge on any atom is 0.0210 e. The van der Waals surface area contributed by atoms with Crippen LogP contribution in [-0.4, -0.2) is 5.54 Å². The number of hydrogen-bond donors (Lipinski definition) is 1. The van der Waals surface area contributed by atoms with Crippen LogP contribution >= 0.6 is 12.4 Å². The van der Waals surface area contributed by atoms with Gasteiger partial charge >= 0.3 is 0 Å². The van der Waals surface area contributed by atoms with Crippen molar-refractivity contribution in [1.82, 2.24) is 5.32 Å². The molecule has 0 unspecified atom stereocenters. The van der Waals surface area contributed by atoms with Crippen LogP contribution in [0, 0.1) is 0 Å². The average Bonchev–Trinajstić information content (AvgIpc) is 2.14. The second-order valence-corrected chi connectivity index (χ2v) is 5.50. The van der Waals surface area contributed by atoms with Gasteiger partial charge in [-0.05, 0) is 37.8 Å². The molecule has 1 nitrogen and oxygen atoms in total. The van der Waals surface area contributed by atoms with E-state index in [0.29, 0.717) is 5.92 Å². The molecule has 0 amide bonds. The molecule has 0 saturated carbocycles. The molecule has 0 saturated heterocycles. The Morgan fingerprint density at radius 1 is 1.06 bits per heavy atom. The lowest BCUT2D eigenvalue weighted by Crippen LogP contribution is -2.35. The molecule has 0 aliphatic carbocycles. The van der Waals surface area contributed by atoms with Gasteiger partial charge in [0.15, 0.2) is 0 Å². The Labute approximate surface area is 106 Å². The minimum atomic E-state index is 0. The van der Waals surface area contributed by atoms with E-state index in [9.17, 15) is 0 Å². The predicted octanol–water partition coefficient (Wildman–Crippen LogP) is 4.12. The SMILES string of the molecule is CC(C)c1ccc(CNC(C)(C)C)cc1.Cl. The van der Waals surface area contributed by atoms with E-state index in [1.807, 2.05) is 0 Å². The summed E-state index contributed by atoms with van der Waals surface area (Å²) in [5.74, 6) is 0.620. The van der Waals surface area contributed by atoms with Crippen molar-refractivity contribution >= 4 is 12.4 Å². The molecule has 0 radical (unpaired) electrons. The third kappa shape index (κ3) is 5.53. The van der Waals surface area contributed by atoms with Gasteiger partial charge < -0.3 is 5.32 Å². The zero-order valence-corrected chi connectivity index (χ0v) is 11.8. The lowest BCUT2D eigenvalue weighted by molar-refractivity contribution is 0.424. The van der Waals surface area contributed by atoms with Crippen molar-refractivity contribution < 1.29 is 0 Å². The van der Waals surface area contributed by atoms with Crippen LogP contribution in [0.3, 0.4) is 0 Å². The Kier molecular flexibility index (Phi) is 6.06. The molecule has 0 bridgehead atoms. The van der Waals surface area contributed by atoms with Crippen molar-refractivity contribution in [2.24, 2.45) is 0 Å². The average molecular weight is 242 g/mol. The molecule has 16 heavy (non-hydrogen) atoms. The van der Waals surface area contributed by atoms with E-state index >= 15 is 0 Å². The number of benzene rings is 1. The maximum atomic E-state index is 3.49. The van der Waals surface area contributed by atoms with E-state index in [-0.39, 0.29) is 17.9 Å². The Hall–Kier alpha value is -0.530. The Balaban J connectivity index is 0.00000225. The quantitative estimate of drug-likeness (QED) is 0.840. The summed E-state index contributed by atoms with van der Waals surface area (Å²) >= 11 is 0. The third-order valence-corrected chi connectivity index (χ3v) is 2.47. The van der Waals surface area contributed by atoms with Gasteiger partial charge in [-0.1, -0.05) is 38.1 Å². The van der Waals surface area contributed by atoms with E-state index in [2.05, 4.69) is 64.2 Å². The van der Waals surface area contributed by atoms with E-state index in [1.165, 1.54) is 11.1 Å². The van der Waals surface area contributed by atoms with Crippen LogP contribution in [0.15, 0.2) is 24.3 Å². The number of halogens is 1. The third-order valence-electron chi connectivity index (χ3n) is 2.47. The fourth-order valence-electron chi connectivity index (χ4n) is 1.39. The fraction of sp³-hybridized carbons (Fsp3) is 0.571. The summed E-state index contributed by atoms with van der Waals surface area (Å²) in [6.07, 6.45) is 0. The molecule has 92 valence electrons. The topological polar surface area (TPSA) is 12.0 Å². The Bertz CT molecular complexity index is 296. The van der Waals surface area contributed by atoms with Crippen molar-refractivity contribution in [1.29, 1.82) is 0 Å².